The fraction of sp³-hybridized carbons (Fsp3) is 0.409. The predicted octanol–water partition coefficient (Wildman–Crippen LogP) is 3.56. The smallest absolute Gasteiger partial charge is 0.253 e. The molecule has 4 heteroatoms. The molecule has 1 amide bonds. The second-order valence-electron chi connectivity index (χ2n) is 7.40. The minimum atomic E-state index is 0.119. The van der Waals surface area contributed by atoms with Crippen LogP contribution in [0.4, 0.5) is 0 Å². The van der Waals surface area contributed by atoms with Gasteiger partial charge in [0.2, 0.25) is 0 Å². The van der Waals surface area contributed by atoms with Crippen molar-refractivity contribution in [2.45, 2.75) is 25.8 Å². The van der Waals surface area contributed by atoms with Gasteiger partial charge in [-0.3, -0.25) is 4.79 Å². The summed E-state index contributed by atoms with van der Waals surface area (Å²) in [5, 5.41) is 0. The summed E-state index contributed by atoms with van der Waals surface area (Å²) in [5.41, 5.74) is 4.59. The fourth-order valence-electron chi connectivity index (χ4n) is 3.65. The summed E-state index contributed by atoms with van der Waals surface area (Å²) >= 11 is 0. The Balaban J connectivity index is 1.75. The molecule has 0 saturated heterocycles. The molecule has 2 aromatic carbocycles. The van der Waals surface area contributed by atoms with Gasteiger partial charge in [0, 0.05) is 25.2 Å². The number of carbonyl (C=O) groups excluding carboxylic acids is 1. The molecule has 1 unspecified atom stereocenters. The van der Waals surface area contributed by atoms with Gasteiger partial charge < -0.3 is 14.5 Å². The average Bonchev–Trinajstić information content (AvgIpc) is 2.80. The van der Waals surface area contributed by atoms with E-state index in [1.165, 1.54) is 16.7 Å². The molecule has 1 atom stereocenters. The van der Waals surface area contributed by atoms with E-state index in [1.807, 2.05) is 49.3 Å². The number of rotatable bonds is 4. The Morgan fingerprint density at radius 3 is 2.58 bits per heavy atom. The molecule has 0 radical (unpaired) electrons. The first kappa shape index (κ1) is 18.5. The zero-order chi connectivity index (χ0) is 18.7. The summed E-state index contributed by atoms with van der Waals surface area (Å²) in [4.78, 5) is 17.1. The Morgan fingerprint density at radius 2 is 1.92 bits per heavy atom. The van der Waals surface area contributed by atoms with Crippen molar-refractivity contribution in [2.75, 3.05) is 34.3 Å². The Bertz CT molecular complexity index is 768. The number of hydrogen-bond donors (Lipinski definition) is 0. The van der Waals surface area contributed by atoms with Crippen molar-refractivity contribution in [1.82, 2.24) is 9.80 Å². The van der Waals surface area contributed by atoms with Crippen LogP contribution in [0, 0.1) is 0 Å². The summed E-state index contributed by atoms with van der Waals surface area (Å²) < 4.78 is 5.37. The molecule has 3 rings (SSSR count). The van der Waals surface area contributed by atoms with Crippen LogP contribution in [-0.4, -0.2) is 50.0 Å². The van der Waals surface area contributed by atoms with E-state index >= 15 is 0 Å². The van der Waals surface area contributed by atoms with Crippen LogP contribution in [0.15, 0.2) is 42.5 Å². The molecule has 0 aliphatic carbocycles. The lowest BCUT2D eigenvalue weighted by Crippen LogP contribution is -2.34. The lowest BCUT2D eigenvalue weighted by Gasteiger charge is -2.23. The van der Waals surface area contributed by atoms with E-state index in [-0.39, 0.29) is 5.91 Å². The van der Waals surface area contributed by atoms with Crippen LogP contribution in [0.3, 0.4) is 0 Å². The van der Waals surface area contributed by atoms with Crippen molar-refractivity contribution in [2.24, 2.45) is 0 Å². The quantitative estimate of drug-likeness (QED) is 0.843. The standard InChI is InChI=1S/C22H28N2O2/c1-16-14-24(12-11-18-9-10-20(26-4)13-21(16)18)22(25)19-7-5-17(6-8-19)15-23(2)3/h5-10,13,16H,11-12,14-15H2,1-4H3. The van der Waals surface area contributed by atoms with E-state index in [1.54, 1.807) is 7.11 Å². The first-order valence-electron chi connectivity index (χ1n) is 9.17. The molecular formula is C22H28N2O2. The van der Waals surface area contributed by atoms with Gasteiger partial charge in [-0.05, 0) is 67.4 Å². The van der Waals surface area contributed by atoms with Crippen molar-refractivity contribution in [3.8, 4) is 5.75 Å². The first-order chi connectivity index (χ1) is 12.5. The Labute approximate surface area is 156 Å². The highest BCUT2D eigenvalue weighted by molar-refractivity contribution is 5.94. The average molecular weight is 352 g/mol. The van der Waals surface area contributed by atoms with E-state index in [0.717, 1.165) is 37.4 Å². The predicted molar refractivity (Wildman–Crippen MR) is 105 cm³/mol. The van der Waals surface area contributed by atoms with Gasteiger partial charge in [0.05, 0.1) is 7.11 Å². The minimum Gasteiger partial charge on any atom is -0.497 e. The molecule has 0 saturated carbocycles. The summed E-state index contributed by atoms with van der Waals surface area (Å²) in [6, 6.07) is 14.3. The van der Waals surface area contributed by atoms with Gasteiger partial charge in [-0.15, -0.1) is 0 Å². The number of methoxy groups -OCH3 is 1. The molecule has 1 aliphatic heterocycles. The van der Waals surface area contributed by atoms with Crippen LogP contribution in [0.1, 0.15) is 39.9 Å². The van der Waals surface area contributed by atoms with Crippen LogP contribution < -0.4 is 4.74 Å². The summed E-state index contributed by atoms with van der Waals surface area (Å²) in [6.45, 7) is 4.55. The van der Waals surface area contributed by atoms with E-state index in [0.29, 0.717) is 5.92 Å². The molecule has 1 heterocycles. The topological polar surface area (TPSA) is 32.8 Å². The number of carbonyl (C=O) groups is 1. The van der Waals surface area contributed by atoms with Crippen LogP contribution in [0.25, 0.3) is 0 Å². The van der Waals surface area contributed by atoms with Gasteiger partial charge >= 0.3 is 0 Å². The molecular weight excluding hydrogens is 324 g/mol. The Morgan fingerprint density at radius 1 is 1.19 bits per heavy atom. The van der Waals surface area contributed by atoms with Crippen LogP contribution in [-0.2, 0) is 13.0 Å². The number of nitrogens with zero attached hydrogens (tertiary/aromatic N) is 2. The number of amides is 1. The molecule has 26 heavy (non-hydrogen) atoms. The molecule has 0 N–H and O–H groups in total. The largest absolute Gasteiger partial charge is 0.497 e. The number of ether oxygens (including phenoxy) is 1. The second-order valence-corrected chi connectivity index (χ2v) is 7.40. The molecule has 0 aromatic heterocycles. The van der Waals surface area contributed by atoms with Gasteiger partial charge in [0.1, 0.15) is 5.75 Å². The number of fused-ring (bicyclic) bond motifs is 1. The monoisotopic (exact) mass is 352 g/mol. The van der Waals surface area contributed by atoms with Crippen molar-refractivity contribution in [3.05, 3.63) is 64.7 Å². The van der Waals surface area contributed by atoms with Crippen molar-refractivity contribution in [1.29, 1.82) is 0 Å². The van der Waals surface area contributed by atoms with Gasteiger partial charge in [0.25, 0.3) is 5.91 Å². The third-order valence-corrected chi connectivity index (χ3v) is 5.02. The second kappa shape index (κ2) is 7.92. The highest BCUT2D eigenvalue weighted by Gasteiger charge is 2.24. The van der Waals surface area contributed by atoms with Gasteiger partial charge in [-0.1, -0.05) is 25.1 Å². The zero-order valence-electron chi connectivity index (χ0n) is 16.2. The third-order valence-electron chi connectivity index (χ3n) is 5.02. The SMILES string of the molecule is COc1ccc2c(c1)C(C)CN(C(=O)c1ccc(CN(C)C)cc1)CC2. The lowest BCUT2D eigenvalue weighted by molar-refractivity contribution is 0.0754. The molecule has 1 aliphatic rings. The highest BCUT2D eigenvalue weighted by Crippen LogP contribution is 2.29. The normalized spacial score (nSPS) is 17.0. The molecule has 138 valence electrons. The summed E-state index contributed by atoms with van der Waals surface area (Å²) in [5.74, 6) is 1.29. The maximum absolute atomic E-state index is 13.0. The van der Waals surface area contributed by atoms with Crippen molar-refractivity contribution in [3.63, 3.8) is 0 Å². The van der Waals surface area contributed by atoms with Crippen LogP contribution in [0.2, 0.25) is 0 Å². The maximum atomic E-state index is 13.0. The van der Waals surface area contributed by atoms with Crippen molar-refractivity contribution >= 4 is 5.91 Å². The van der Waals surface area contributed by atoms with Gasteiger partial charge in [0.15, 0.2) is 0 Å². The molecule has 4 nitrogen and oxygen atoms in total. The maximum Gasteiger partial charge on any atom is 0.253 e. The van der Waals surface area contributed by atoms with Gasteiger partial charge in [-0.2, -0.15) is 0 Å². The Kier molecular flexibility index (Phi) is 5.62. The van der Waals surface area contributed by atoms with E-state index in [2.05, 4.69) is 24.0 Å². The van der Waals surface area contributed by atoms with Gasteiger partial charge in [-0.25, -0.2) is 0 Å². The number of hydrogen-bond acceptors (Lipinski definition) is 3. The van der Waals surface area contributed by atoms with Crippen molar-refractivity contribution < 1.29 is 9.53 Å². The van der Waals surface area contributed by atoms with E-state index < -0.39 is 0 Å². The molecule has 0 bridgehead atoms. The lowest BCUT2D eigenvalue weighted by atomic mass is 9.95. The van der Waals surface area contributed by atoms with E-state index in [9.17, 15) is 4.79 Å². The summed E-state index contributed by atoms with van der Waals surface area (Å²) in [7, 11) is 5.79. The van der Waals surface area contributed by atoms with Crippen LogP contribution in [0.5, 0.6) is 5.75 Å². The zero-order valence-corrected chi connectivity index (χ0v) is 16.2. The Hall–Kier alpha value is -2.33. The number of benzene rings is 2. The summed E-state index contributed by atoms with van der Waals surface area (Å²) in [6.07, 6.45) is 0.883. The van der Waals surface area contributed by atoms with Crippen LogP contribution >= 0.6 is 0 Å². The van der Waals surface area contributed by atoms with E-state index in [4.69, 9.17) is 4.74 Å². The fourth-order valence-corrected chi connectivity index (χ4v) is 3.65. The third kappa shape index (κ3) is 4.07. The minimum absolute atomic E-state index is 0.119. The molecule has 0 fully saturated rings. The molecule has 2 aromatic rings. The first-order valence-corrected chi connectivity index (χ1v) is 9.17. The highest BCUT2D eigenvalue weighted by atomic mass is 16.5. The molecule has 0 spiro atoms.